The summed E-state index contributed by atoms with van der Waals surface area (Å²) >= 11 is 0. The van der Waals surface area contributed by atoms with E-state index in [0.717, 1.165) is 30.5 Å². The van der Waals surface area contributed by atoms with Gasteiger partial charge in [-0.1, -0.05) is 44.7 Å². The van der Waals surface area contributed by atoms with E-state index in [1.807, 2.05) is 0 Å². The molecule has 1 heterocycles. The second kappa shape index (κ2) is 11.0. The summed E-state index contributed by atoms with van der Waals surface area (Å²) in [5.41, 5.74) is 0.578. The Morgan fingerprint density at radius 1 is 1.06 bits per heavy atom. The molecule has 1 saturated heterocycles. The highest BCUT2D eigenvalue weighted by molar-refractivity contribution is 5.91. The maximum atomic E-state index is 13.9. The molecule has 0 bridgehead atoms. The van der Waals surface area contributed by atoms with Crippen LogP contribution in [-0.4, -0.2) is 25.3 Å². The van der Waals surface area contributed by atoms with Gasteiger partial charge in [-0.25, -0.2) is 9.18 Å². The maximum Gasteiger partial charge on any atom is 0.343 e. The van der Waals surface area contributed by atoms with Crippen molar-refractivity contribution in [3.63, 3.8) is 0 Å². The third-order valence-corrected chi connectivity index (χ3v) is 5.23. The van der Waals surface area contributed by atoms with E-state index in [2.05, 4.69) is 6.92 Å². The standard InChI is InChI=1S/C24H25F2NO4/c1-2-3-4-5-6-19-14-30-21(15-29-19)16-7-9-17(10-8-16)24(28)31-20-12-11-18(13-27)22(25)23(20)26/h7-12,19,21H,2-6,14-15H2,1H3. The smallest absolute Gasteiger partial charge is 0.343 e. The lowest BCUT2D eigenvalue weighted by Crippen LogP contribution is -2.31. The lowest BCUT2D eigenvalue weighted by atomic mass is 10.1. The lowest BCUT2D eigenvalue weighted by molar-refractivity contribution is -0.137. The zero-order valence-corrected chi connectivity index (χ0v) is 17.4. The Morgan fingerprint density at radius 2 is 1.84 bits per heavy atom. The average Bonchev–Trinajstić information content (AvgIpc) is 2.80. The second-order valence-corrected chi connectivity index (χ2v) is 7.49. The van der Waals surface area contributed by atoms with E-state index in [4.69, 9.17) is 19.5 Å². The van der Waals surface area contributed by atoms with Crippen LogP contribution in [0.5, 0.6) is 5.75 Å². The molecule has 7 heteroatoms. The van der Waals surface area contributed by atoms with Gasteiger partial charge in [0.1, 0.15) is 12.2 Å². The van der Waals surface area contributed by atoms with Crippen LogP contribution in [0.2, 0.25) is 0 Å². The zero-order valence-electron chi connectivity index (χ0n) is 17.4. The van der Waals surface area contributed by atoms with Gasteiger partial charge in [-0.3, -0.25) is 0 Å². The highest BCUT2D eigenvalue weighted by atomic mass is 19.2. The number of benzene rings is 2. The van der Waals surface area contributed by atoms with Crippen LogP contribution in [-0.2, 0) is 9.47 Å². The van der Waals surface area contributed by atoms with Gasteiger partial charge in [-0.15, -0.1) is 0 Å². The second-order valence-electron chi connectivity index (χ2n) is 7.49. The molecule has 1 fully saturated rings. The lowest BCUT2D eigenvalue weighted by Gasteiger charge is -2.30. The summed E-state index contributed by atoms with van der Waals surface area (Å²) in [5.74, 6) is -4.12. The summed E-state index contributed by atoms with van der Waals surface area (Å²) in [4.78, 5) is 12.3. The van der Waals surface area contributed by atoms with Crippen molar-refractivity contribution in [3.8, 4) is 11.8 Å². The number of nitriles is 1. The van der Waals surface area contributed by atoms with Gasteiger partial charge in [0.2, 0.25) is 5.82 Å². The van der Waals surface area contributed by atoms with E-state index in [1.165, 1.54) is 37.5 Å². The van der Waals surface area contributed by atoms with E-state index in [1.54, 1.807) is 12.1 Å². The number of carbonyl (C=O) groups excluding carboxylic acids is 1. The van der Waals surface area contributed by atoms with Crippen molar-refractivity contribution in [2.45, 2.75) is 51.2 Å². The predicted octanol–water partition coefficient (Wildman–Crippen LogP) is 5.48. The maximum absolute atomic E-state index is 13.9. The van der Waals surface area contributed by atoms with Gasteiger partial charge in [-0.2, -0.15) is 9.65 Å². The van der Waals surface area contributed by atoms with Gasteiger partial charge >= 0.3 is 5.97 Å². The summed E-state index contributed by atoms with van der Waals surface area (Å²) in [6.45, 7) is 3.16. The normalized spacial score (nSPS) is 18.4. The number of carbonyl (C=O) groups is 1. The van der Waals surface area contributed by atoms with E-state index < -0.39 is 28.9 Å². The summed E-state index contributed by atoms with van der Waals surface area (Å²) in [5, 5.41) is 8.72. The predicted molar refractivity (Wildman–Crippen MR) is 110 cm³/mol. The van der Waals surface area contributed by atoms with Crippen LogP contribution < -0.4 is 4.74 Å². The Labute approximate surface area is 180 Å². The summed E-state index contributed by atoms with van der Waals surface area (Å²) in [6, 6.07) is 10.2. The molecule has 31 heavy (non-hydrogen) atoms. The molecular formula is C24H25F2NO4. The molecule has 0 N–H and O–H groups in total. The van der Waals surface area contributed by atoms with Gasteiger partial charge in [-0.05, 0) is 36.2 Å². The van der Waals surface area contributed by atoms with Crippen LogP contribution in [0.4, 0.5) is 8.78 Å². The Kier molecular flexibility index (Phi) is 8.10. The van der Waals surface area contributed by atoms with Gasteiger partial charge < -0.3 is 14.2 Å². The fraction of sp³-hybridized carbons (Fsp3) is 0.417. The molecule has 2 aromatic carbocycles. The summed E-state index contributed by atoms with van der Waals surface area (Å²) in [7, 11) is 0. The molecule has 0 aromatic heterocycles. The molecule has 0 saturated carbocycles. The Bertz CT molecular complexity index is 932. The number of hydrogen-bond acceptors (Lipinski definition) is 5. The molecule has 2 aromatic rings. The highest BCUT2D eigenvalue weighted by Crippen LogP contribution is 2.26. The van der Waals surface area contributed by atoms with Crippen molar-refractivity contribution >= 4 is 5.97 Å². The van der Waals surface area contributed by atoms with Crippen molar-refractivity contribution in [2.24, 2.45) is 0 Å². The number of nitrogens with zero attached hydrogens (tertiary/aromatic N) is 1. The molecule has 2 atom stereocenters. The average molecular weight is 429 g/mol. The van der Waals surface area contributed by atoms with Crippen LogP contribution in [0.15, 0.2) is 36.4 Å². The van der Waals surface area contributed by atoms with Crippen molar-refractivity contribution in [3.05, 3.63) is 64.7 Å². The molecule has 2 unspecified atom stereocenters. The number of ether oxygens (including phenoxy) is 3. The Morgan fingerprint density at radius 3 is 2.48 bits per heavy atom. The number of esters is 1. The molecule has 5 nitrogen and oxygen atoms in total. The first kappa shape index (κ1) is 22.9. The molecular weight excluding hydrogens is 404 g/mol. The number of halogens is 2. The van der Waals surface area contributed by atoms with Crippen LogP contribution in [0.25, 0.3) is 0 Å². The third-order valence-electron chi connectivity index (χ3n) is 5.23. The molecule has 0 amide bonds. The first-order chi connectivity index (χ1) is 15.0. The molecule has 0 spiro atoms. The number of hydrogen-bond donors (Lipinski definition) is 0. The van der Waals surface area contributed by atoms with E-state index >= 15 is 0 Å². The highest BCUT2D eigenvalue weighted by Gasteiger charge is 2.24. The molecule has 1 aliphatic heterocycles. The summed E-state index contributed by atoms with van der Waals surface area (Å²) in [6.07, 6.45) is 5.66. The minimum Gasteiger partial charge on any atom is -0.420 e. The summed E-state index contributed by atoms with van der Waals surface area (Å²) < 4.78 is 44.4. The minimum atomic E-state index is -1.37. The van der Waals surface area contributed by atoms with Gasteiger partial charge in [0.25, 0.3) is 0 Å². The van der Waals surface area contributed by atoms with Crippen molar-refractivity contribution in [1.82, 2.24) is 0 Å². The third kappa shape index (κ3) is 5.87. The van der Waals surface area contributed by atoms with Gasteiger partial charge in [0.05, 0.1) is 30.4 Å². The molecule has 164 valence electrons. The first-order valence-electron chi connectivity index (χ1n) is 10.5. The van der Waals surface area contributed by atoms with Crippen LogP contribution in [0.3, 0.4) is 0 Å². The van der Waals surface area contributed by atoms with Crippen LogP contribution >= 0.6 is 0 Å². The van der Waals surface area contributed by atoms with Crippen molar-refractivity contribution in [2.75, 3.05) is 13.2 Å². The first-order valence-corrected chi connectivity index (χ1v) is 10.5. The van der Waals surface area contributed by atoms with Gasteiger partial charge in [0, 0.05) is 0 Å². The zero-order chi connectivity index (χ0) is 22.2. The monoisotopic (exact) mass is 429 g/mol. The quantitative estimate of drug-likeness (QED) is 0.316. The van der Waals surface area contributed by atoms with E-state index in [0.29, 0.717) is 13.2 Å². The van der Waals surface area contributed by atoms with E-state index in [9.17, 15) is 13.6 Å². The largest absolute Gasteiger partial charge is 0.420 e. The Hall–Kier alpha value is -2.82. The fourth-order valence-corrected chi connectivity index (χ4v) is 3.39. The minimum absolute atomic E-state index is 0.116. The van der Waals surface area contributed by atoms with Crippen molar-refractivity contribution in [1.29, 1.82) is 5.26 Å². The van der Waals surface area contributed by atoms with E-state index in [-0.39, 0.29) is 17.8 Å². The van der Waals surface area contributed by atoms with Crippen LogP contribution in [0, 0.1) is 23.0 Å². The molecule has 0 aliphatic carbocycles. The van der Waals surface area contributed by atoms with Crippen molar-refractivity contribution < 1.29 is 27.8 Å². The van der Waals surface area contributed by atoms with Gasteiger partial charge in [0.15, 0.2) is 11.6 Å². The molecule has 3 rings (SSSR count). The molecule has 0 radical (unpaired) electrons. The Balaban J connectivity index is 1.54. The van der Waals surface area contributed by atoms with Crippen LogP contribution in [0.1, 0.15) is 66.6 Å². The number of rotatable bonds is 8. The topological polar surface area (TPSA) is 68.5 Å². The number of unbranched alkanes of at least 4 members (excludes halogenated alkanes) is 3. The molecule has 1 aliphatic rings. The SMILES string of the molecule is CCCCCCC1COC(c2ccc(C(=O)Oc3ccc(C#N)c(F)c3F)cc2)CO1. The fourth-order valence-electron chi connectivity index (χ4n) is 3.39.